The van der Waals surface area contributed by atoms with Crippen molar-refractivity contribution in [1.82, 2.24) is 10.3 Å². The normalized spacial score (nSPS) is 11.1. The molecule has 2 N–H and O–H groups in total. The number of halogens is 4. The molecule has 3 rings (SSSR count). The van der Waals surface area contributed by atoms with Crippen LogP contribution >= 0.6 is 11.6 Å². The summed E-state index contributed by atoms with van der Waals surface area (Å²) in [5.41, 5.74) is 0.611. The summed E-state index contributed by atoms with van der Waals surface area (Å²) in [5, 5.41) is 21.3. The lowest BCUT2D eigenvalue weighted by atomic mass is 9.99. The van der Waals surface area contributed by atoms with E-state index < -0.39 is 17.8 Å². The van der Waals surface area contributed by atoms with E-state index in [2.05, 4.69) is 10.3 Å². The molecule has 0 saturated heterocycles. The number of nitriles is 1. The van der Waals surface area contributed by atoms with Gasteiger partial charge in [-0.05, 0) is 42.8 Å². The molecule has 0 saturated carbocycles. The van der Waals surface area contributed by atoms with Crippen LogP contribution < -0.4 is 10.1 Å². The van der Waals surface area contributed by atoms with Gasteiger partial charge >= 0.3 is 6.18 Å². The second kappa shape index (κ2) is 10.5. The largest absolute Gasteiger partial charge is 0.491 e. The number of aromatic nitrogens is 1. The first-order valence-corrected chi connectivity index (χ1v) is 10.4. The van der Waals surface area contributed by atoms with Crippen LogP contribution in [0, 0.1) is 18.3 Å². The average molecular weight is 490 g/mol. The second-order valence-corrected chi connectivity index (χ2v) is 7.63. The van der Waals surface area contributed by atoms with E-state index in [1.807, 2.05) is 13.0 Å². The van der Waals surface area contributed by atoms with Crippen LogP contribution in [0.1, 0.15) is 32.7 Å². The number of carbonyl (C=O) groups excluding carboxylic acids is 1. The van der Waals surface area contributed by atoms with Gasteiger partial charge in [0.2, 0.25) is 0 Å². The minimum Gasteiger partial charge on any atom is -0.491 e. The Morgan fingerprint density at radius 2 is 2.00 bits per heavy atom. The molecule has 3 aromatic rings. The number of hydrogen-bond acceptors (Lipinski definition) is 5. The van der Waals surface area contributed by atoms with Crippen LogP contribution in [0.15, 0.2) is 48.7 Å². The number of alkyl halides is 3. The van der Waals surface area contributed by atoms with Crippen LogP contribution in [-0.4, -0.2) is 29.2 Å². The second-order valence-electron chi connectivity index (χ2n) is 7.23. The van der Waals surface area contributed by atoms with E-state index in [4.69, 9.17) is 21.4 Å². The molecule has 0 atom stereocenters. The molecule has 0 bridgehead atoms. The summed E-state index contributed by atoms with van der Waals surface area (Å²) in [5.74, 6) is 0.0632. The first-order chi connectivity index (χ1) is 16.2. The summed E-state index contributed by atoms with van der Waals surface area (Å²) >= 11 is 6.23. The Bertz CT molecular complexity index is 1260. The zero-order chi connectivity index (χ0) is 24.9. The lowest BCUT2D eigenvalue weighted by Crippen LogP contribution is -2.23. The number of rotatable bonds is 7. The Labute approximate surface area is 198 Å². The predicted molar refractivity (Wildman–Crippen MR) is 119 cm³/mol. The van der Waals surface area contributed by atoms with Crippen LogP contribution in [0.3, 0.4) is 0 Å². The number of ether oxygens (including phenoxy) is 1. The molecule has 0 radical (unpaired) electrons. The zero-order valence-corrected chi connectivity index (χ0v) is 18.7. The van der Waals surface area contributed by atoms with Gasteiger partial charge in [0, 0.05) is 40.0 Å². The number of amides is 1. The lowest BCUT2D eigenvalue weighted by Gasteiger charge is -2.15. The summed E-state index contributed by atoms with van der Waals surface area (Å²) in [6, 6.07) is 12.0. The Hall–Kier alpha value is -3.61. The smallest absolute Gasteiger partial charge is 0.433 e. The van der Waals surface area contributed by atoms with Gasteiger partial charge in [-0.15, -0.1) is 0 Å². The summed E-state index contributed by atoms with van der Waals surface area (Å²) in [6.07, 6.45) is -3.78. The van der Waals surface area contributed by atoms with E-state index in [1.165, 1.54) is 18.2 Å². The monoisotopic (exact) mass is 489 g/mol. The molecular weight excluding hydrogens is 471 g/mol. The number of aliphatic hydroxyl groups excluding tert-OH is 1. The fraction of sp³-hybridized carbons (Fsp3) is 0.208. The topological polar surface area (TPSA) is 95.2 Å². The van der Waals surface area contributed by atoms with E-state index in [0.29, 0.717) is 11.8 Å². The highest BCUT2D eigenvalue weighted by atomic mass is 35.5. The van der Waals surface area contributed by atoms with Gasteiger partial charge in [-0.3, -0.25) is 9.78 Å². The number of nitrogens with zero attached hydrogens (tertiary/aromatic N) is 2. The molecule has 6 nitrogen and oxygen atoms in total. The van der Waals surface area contributed by atoms with Gasteiger partial charge in [-0.2, -0.15) is 18.4 Å². The molecule has 0 aliphatic carbocycles. The van der Waals surface area contributed by atoms with Crippen molar-refractivity contribution in [3.8, 4) is 22.9 Å². The molecule has 0 spiro atoms. The van der Waals surface area contributed by atoms with E-state index in [9.17, 15) is 23.2 Å². The molecular formula is C24H19ClF3N3O3. The third-order valence-electron chi connectivity index (χ3n) is 4.98. The Morgan fingerprint density at radius 3 is 2.68 bits per heavy atom. The summed E-state index contributed by atoms with van der Waals surface area (Å²) in [4.78, 5) is 16.2. The maximum atomic E-state index is 13.0. The van der Waals surface area contributed by atoms with E-state index in [0.717, 1.165) is 17.3 Å². The van der Waals surface area contributed by atoms with E-state index >= 15 is 0 Å². The van der Waals surface area contributed by atoms with E-state index in [-0.39, 0.29) is 47.0 Å². The van der Waals surface area contributed by atoms with Crippen molar-refractivity contribution in [1.29, 1.82) is 5.26 Å². The molecule has 2 aromatic carbocycles. The SMILES string of the molecule is Cc1cccc(OCCO)c1CNC(=O)c1ccc(Cl)c(-c2cnc(C(F)(F)F)cc2C#N)c1. The van der Waals surface area contributed by atoms with Gasteiger partial charge in [0.15, 0.2) is 0 Å². The first-order valence-electron chi connectivity index (χ1n) is 10.0. The molecule has 10 heteroatoms. The fourth-order valence-electron chi connectivity index (χ4n) is 3.25. The number of nitrogens with one attached hydrogen (secondary N) is 1. The Morgan fingerprint density at radius 1 is 1.24 bits per heavy atom. The van der Waals surface area contributed by atoms with Gasteiger partial charge in [-0.1, -0.05) is 23.7 Å². The van der Waals surface area contributed by atoms with Crippen LogP contribution in [-0.2, 0) is 12.7 Å². The van der Waals surface area contributed by atoms with Gasteiger partial charge in [0.25, 0.3) is 5.91 Å². The predicted octanol–water partition coefficient (Wildman–Crippen LogP) is 4.90. The van der Waals surface area contributed by atoms with Gasteiger partial charge < -0.3 is 15.2 Å². The van der Waals surface area contributed by atoms with Crippen molar-refractivity contribution >= 4 is 17.5 Å². The average Bonchev–Trinajstić information content (AvgIpc) is 2.81. The molecule has 176 valence electrons. The quantitative estimate of drug-likeness (QED) is 0.492. The van der Waals surface area contributed by atoms with Crippen molar-refractivity contribution < 1.29 is 27.8 Å². The molecule has 0 unspecified atom stereocenters. The zero-order valence-electron chi connectivity index (χ0n) is 17.9. The number of benzene rings is 2. The standard InChI is InChI=1S/C24H19ClF3N3O3/c1-14-3-2-4-21(34-8-7-32)18(14)12-31-23(33)15-5-6-20(25)17(9-15)19-13-30-22(24(26,27)28)10-16(19)11-29/h2-6,9-10,13,32H,7-8,12H2,1H3,(H,31,33). The number of carbonyl (C=O) groups is 1. The molecule has 0 fully saturated rings. The number of aliphatic hydroxyl groups is 1. The van der Waals surface area contributed by atoms with E-state index in [1.54, 1.807) is 18.2 Å². The van der Waals surface area contributed by atoms with Gasteiger partial charge in [0.05, 0.1) is 18.2 Å². The summed E-state index contributed by atoms with van der Waals surface area (Å²) in [7, 11) is 0. The molecule has 0 aliphatic rings. The van der Waals surface area contributed by atoms with Crippen molar-refractivity contribution in [2.24, 2.45) is 0 Å². The number of hydrogen-bond donors (Lipinski definition) is 2. The van der Waals surface area contributed by atoms with Crippen molar-refractivity contribution in [2.75, 3.05) is 13.2 Å². The van der Waals surface area contributed by atoms with Crippen LogP contribution in [0.4, 0.5) is 13.2 Å². The molecule has 1 heterocycles. The maximum absolute atomic E-state index is 13.0. The minimum absolute atomic E-state index is 0.0775. The van der Waals surface area contributed by atoms with Crippen molar-refractivity contribution in [3.05, 3.63) is 81.6 Å². The summed E-state index contributed by atoms with van der Waals surface area (Å²) in [6.45, 7) is 1.94. The number of pyridine rings is 1. The lowest BCUT2D eigenvalue weighted by molar-refractivity contribution is -0.141. The van der Waals surface area contributed by atoms with Crippen LogP contribution in [0.5, 0.6) is 5.75 Å². The number of aryl methyl sites for hydroxylation is 1. The summed E-state index contributed by atoms with van der Waals surface area (Å²) < 4.78 is 44.4. The minimum atomic E-state index is -4.70. The van der Waals surface area contributed by atoms with Crippen LogP contribution in [0.2, 0.25) is 5.02 Å². The maximum Gasteiger partial charge on any atom is 0.433 e. The third kappa shape index (κ3) is 5.65. The first kappa shape index (κ1) is 25.0. The third-order valence-corrected chi connectivity index (χ3v) is 5.30. The fourth-order valence-corrected chi connectivity index (χ4v) is 3.47. The van der Waals surface area contributed by atoms with Crippen molar-refractivity contribution in [3.63, 3.8) is 0 Å². The highest BCUT2D eigenvalue weighted by Crippen LogP contribution is 2.34. The Balaban J connectivity index is 1.88. The Kier molecular flexibility index (Phi) is 7.76. The molecule has 1 amide bonds. The van der Waals surface area contributed by atoms with Crippen LogP contribution in [0.25, 0.3) is 11.1 Å². The molecule has 34 heavy (non-hydrogen) atoms. The van der Waals surface area contributed by atoms with Gasteiger partial charge in [0.1, 0.15) is 18.1 Å². The van der Waals surface area contributed by atoms with Gasteiger partial charge in [-0.25, -0.2) is 0 Å². The highest BCUT2D eigenvalue weighted by Gasteiger charge is 2.33. The molecule has 1 aromatic heterocycles. The highest BCUT2D eigenvalue weighted by molar-refractivity contribution is 6.33. The molecule has 0 aliphatic heterocycles. The van der Waals surface area contributed by atoms with Crippen molar-refractivity contribution in [2.45, 2.75) is 19.6 Å².